The third-order valence-corrected chi connectivity index (χ3v) is 5.07. The maximum atomic E-state index is 5.50. The second-order valence-corrected chi connectivity index (χ2v) is 6.92. The highest BCUT2D eigenvalue weighted by Gasteiger charge is 2.23. The van der Waals surface area contributed by atoms with E-state index >= 15 is 0 Å². The van der Waals surface area contributed by atoms with E-state index in [-0.39, 0.29) is 0 Å². The minimum atomic E-state index is 0.430. The highest BCUT2D eigenvalue weighted by molar-refractivity contribution is 7.12. The van der Waals surface area contributed by atoms with Crippen LogP contribution in [0.5, 0.6) is 0 Å². The summed E-state index contributed by atoms with van der Waals surface area (Å²) in [6, 6.07) is 9.01. The van der Waals surface area contributed by atoms with Crippen LogP contribution in [0.1, 0.15) is 21.4 Å². The van der Waals surface area contributed by atoms with Gasteiger partial charge in [-0.1, -0.05) is 6.07 Å². The number of aryl methyl sites for hydroxylation is 1. The molecule has 118 valence electrons. The molecule has 0 aromatic carbocycles. The van der Waals surface area contributed by atoms with Crippen LogP contribution in [-0.4, -0.2) is 42.7 Å². The summed E-state index contributed by atoms with van der Waals surface area (Å²) in [5, 5.41) is 3.59. The van der Waals surface area contributed by atoms with E-state index in [0.29, 0.717) is 6.04 Å². The molecule has 2 aromatic heterocycles. The Bertz CT molecular complexity index is 566. The second kappa shape index (κ2) is 7.83. The van der Waals surface area contributed by atoms with E-state index < -0.39 is 0 Å². The maximum Gasteiger partial charge on any atom is 0.0594 e. The van der Waals surface area contributed by atoms with Crippen molar-refractivity contribution in [3.63, 3.8) is 0 Å². The van der Waals surface area contributed by atoms with E-state index in [0.717, 1.165) is 39.4 Å². The lowest BCUT2D eigenvalue weighted by Gasteiger charge is -2.34. The molecule has 1 fully saturated rings. The molecule has 5 heteroatoms. The summed E-state index contributed by atoms with van der Waals surface area (Å²) in [5.41, 5.74) is 1.23. The van der Waals surface area contributed by atoms with Gasteiger partial charge in [0.2, 0.25) is 0 Å². The maximum absolute atomic E-state index is 5.50. The molecule has 1 N–H and O–H groups in total. The number of aromatic nitrogens is 1. The topological polar surface area (TPSA) is 37.4 Å². The van der Waals surface area contributed by atoms with Crippen LogP contribution in [-0.2, 0) is 11.3 Å². The summed E-state index contributed by atoms with van der Waals surface area (Å²) in [6.45, 7) is 7.68. The number of pyridine rings is 1. The molecule has 4 nitrogen and oxygen atoms in total. The lowest BCUT2D eigenvalue weighted by atomic mass is 10.1. The van der Waals surface area contributed by atoms with Crippen LogP contribution < -0.4 is 5.32 Å². The van der Waals surface area contributed by atoms with Crippen LogP contribution in [0.25, 0.3) is 0 Å². The molecule has 1 aliphatic heterocycles. The molecule has 0 spiro atoms. The van der Waals surface area contributed by atoms with Crippen molar-refractivity contribution < 1.29 is 4.74 Å². The van der Waals surface area contributed by atoms with Crippen molar-refractivity contribution in [3.8, 4) is 0 Å². The van der Waals surface area contributed by atoms with Crippen LogP contribution in [0, 0.1) is 6.92 Å². The molecule has 1 atom stereocenters. The quantitative estimate of drug-likeness (QED) is 0.889. The summed E-state index contributed by atoms with van der Waals surface area (Å²) in [4.78, 5) is 9.52. The number of morpholine rings is 1. The first-order valence-electron chi connectivity index (χ1n) is 7.80. The highest BCUT2D eigenvalue weighted by Crippen LogP contribution is 2.27. The van der Waals surface area contributed by atoms with E-state index in [2.05, 4.69) is 40.3 Å². The number of ether oxygens (including phenoxy) is 1. The fourth-order valence-corrected chi connectivity index (χ4v) is 3.80. The second-order valence-electron chi connectivity index (χ2n) is 5.60. The molecule has 2 aromatic rings. The summed E-state index contributed by atoms with van der Waals surface area (Å²) in [5.74, 6) is 0. The van der Waals surface area contributed by atoms with E-state index in [1.807, 2.05) is 29.8 Å². The minimum Gasteiger partial charge on any atom is -0.379 e. The summed E-state index contributed by atoms with van der Waals surface area (Å²) in [6.07, 6.45) is 3.74. The number of hydrogen-bond donors (Lipinski definition) is 1. The van der Waals surface area contributed by atoms with Gasteiger partial charge in [-0.05, 0) is 30.7 Å². The van der Waals surface area contributed by atoms with Gasteiger partial charge in [-0.25, -0.2) is 0 Å². The Morgan fingerprint density at radius 1 is 1.32 bits per heavy atom. The molecule has 0 aliphatic carbocycles. The molecule has 1 saturated heterocycles. The van der Waals surface area contributed by atoms with Gasteiger partial charge in [-0.15, -0.1) is 11.3 Å². The summed E-state index contributed by atoms with van der Waals surface area (Å²) >= 11 is 1.90. The monoisotopic (exact) mass is 317 g/mol. The Labute approximate surface area is 136 Å². The average molecular weight is 317 g/mol. The van der Waals surface area contributed by atoms with Crippen molar-refractivity contribution in [2.45, 2.75) is 19.5 Å². The first-order valence-corrected chi connectivity index (χ1v) is 8.62. The van der Waals surface area contributed by atoms with Gasteiger partial charge in [-0.3, -0.25) is 9.88 Å². The summed E-state index contributed by atoms with van der Waals surface area (Å²) in [7, 11) is 0. The zero-order chi connectivity index (χ0) is 15.2. The molecule has 0 radical (unpaired) electrons. The van der Waals surface area contributed by atoms with Gasteiger partial charge in [0, 0.05) is 48.3 Å². The van der Waals surface area contributed by atoms with Crippen molar-refractivity contribution in [2.75, 3.05) is 32.8 Å². The SMILES string of the molecule is Cc1ccc(C(CNCc2cccnc2)N2CCOCC2)s1. The van der Waals surface area contributed by atoms with Crippen LogP contribution >= 0.6 is 11.3 Å². The van der Waals surface area contributed by atoms with Crippen molar-refractivity contribution in [1.29, 1.82) is 0 Å². The van der Waals surface area contributed by atoms with Crippen molar-refractivity contribution >= 4 is 11.3 Å². The van der Waals surface area contributed by atoms with Crippen LogP contribution in [0.2, 0.25) is 0 Å². The zero-order valence-corrected chi connectivity index (χ0v) is 13.8. The third kappa shape index (κ3) is 4.14. The van der Waals surface area contributed by atoms with Gasteiger partial charge in [-0.2, -0.15) is 0 Å². The summed E-state index contributed by atoms with van der Waals surface area (Å²) < 4.78 is 5.50. The van der Waals surface area contributed by atoms with Gasteiger partial charge in [0.05, 0.1) is 19.3 Å². The van der Waals surface area contributed by atoms with Crippen LogP contribution in [0.15, 0.2) is 36.7 Å². The van der Waals surface area contributed by atoms with Crippen molar-refractivity contribution in [3.05, 3.63) is 52.0 Å². The Balaban J connectivity index is 1.63. The van der Waals surface area contributed by atoms with Gasteiger partial charge in [0.25, 0.3) is 0 Å². The largest absolute Gasteiger partial charge is 0.379 e. The molecule has 22 heavy (non-hydrogen) atoms. The molecular weight excluding hydrogens is 294 g/mol. The van der Waals surface area contributed by atoms with Crippen LogP contribution in [0.3, 0.4) is 0 Å². The standard InChI is InChI=1S/C17H23N3OS/c1-14-4-5-17(22-14)16(20-7-9-21-10-8-20)13-19-12-15-3-2-6-18-11-15/h2-6,11,16,19H,7-10,12-13H2,1H3. The molecule has 1 aliphatic rings. The predicted molar refractivity (Wildman–Crippen MR) is 90.1 cm³/mol. The van der Waals surface area contributed by atoms with Crippen molar-refractivity contribution in [1.82, 2.24) is 15.2 Å². The fraction of sp³-hybridized carbons (Fsp3) is 0.471. The Morgan fingerprint density at radius 2 is 2.18 bits per heavy atom. The highest BCUT2D eigenvalue weighted by atomic mass is 32.1. The number of hydrogen-bond acceptors (Lipinski definition) is 5. The fourth-order valence-electron chi connectivity index (χ4n) is 2.79. The molecule has 0 amide bonds. The predicted octanol–water partition coefficient (Wildman–Crippen LogP) is 2.61. The van der Waals surface area contributed by atoms with Gasteiger partial charge in [0.15, 0.2) is 0 Å². The molecule has 3 rings (SSSR count). The number of rotatable bonds is 6. The number of nitrogens with zero attached hydrogens (tertiary/aromatic N) is 2. The number of nitrogens with one attached hydrogen (secondary N) is 1. The van der Waals surface area contributed by atoms with E-state index in [1.54, 1.807) is 0 Å². The lowest BCUT2D eigenvalue weighted by molar-refractivity contribution is 0.0168. The normalized spacial score (nSPS) is 17.5. The Kier molecular flexibility index (Phi) is 5.56. The Hall–Kier alpha value is -1.27. The first-order chi connectivity index (χ1) is 10.8. The minimum absolute atomic E-state index is 0.430. The lowest BCUT2D eigenvalue weighted by Crippen LogP contribution is -2.42. The number of thiophene rings is 1. The van der Waals surface area contributed by atoms with E-state index in [9.17, 15) is 0 Å². The van der Waals surface area contributed by atoms with Crippen LogP contribution in [0.4, 0.5) is 0 Å². The smallest absolute Gasteiger partial charge is 0.0594 e. The van der Waals surface area contributed by atoms with Gasteiger partial charge < -0.3 is 10.1 Å². The average Bonchev–Trinajstić information content (AvgIpc) is 2.99. The first kappa shape index (κ1) is 15.6. The molecule has 1 unspecified atom stereocenters. The molecule has 0 saturated carbocycles. The third-order valence-electron chi connectivity index (χ3n) is 3.97. The molecular formula is C17H23N3OS. The van der Waals surface area contributed by atoms with E-state index in [4.69, 9.17) is 4.74 Å². The van der Waals surface area contributed by atoms with Crippen molar-refractivity contribution in [2.24, 2.45) is 0 Å². The molecule has 3 heterocycles. The molecule has 0 bridgehead atoms. The van der Waals surface area contributed by atoms with E-state index in [1.165, 1.54) is 15.3 Å². The zero-order valence-electron chi connectivity index (χ0n) is 13.0. The van der Waals surface area contributed by atoms with Gasteiger partial charge >= 0.3 is 0 Å². The Morgan fingerprint density at radius 3 is 2.86 bits per heavy atom. The van der Waals surface area contributed by atoms with Gasteiger partial charge in [0.1, 0.15) is 0 Å².